The normalized spacial score (nSPS) is 15.4. The molecule has 3 heterocycles. The van der Waals surface area contributed by atoms with Gasteiger partial charge in [-0.3, -0.25) is 9.69 Å². The number of fused-ring (bicyclic) bond motifs is 1. The van der Waals surface area contributed by atoms with Crippen molar-refractivity contribution in [3.63, 3.8) is 0 Å². The summed E-state index contributed by atoms with van der Waals surface area (Å²) in [6.45, 7) is 8.98. The van der Waals surface area contributed by atoms with Crippen molar-refractivity contribution in [2.24, 2.45) is 0 Å². The molecule has 1 amide bonds. The standard InChI is InChI=1S/C23H26F3N5O2/c1-15(2)31-21-20(13-27-31)19(12-16(3)28-21)22(32)30-10-8-29(9-11-30)14-17-4-6-18(7-5-17)33-23(24,25)26/h4-7,12-13,15H,8-11,14H2,1-3H3. The Balaban J connectivity index is 1.40. The molecule has 0 unspecified atom stereocenters. The molecule has 0 N–H and O–H groups in total. The van der Waals surface area contributed by atoms with Gasteiger partial charge >= 0.3 is 6.36 Å². The molecule has 0 spiro atoms. The van der Waals surface area contributed by atoms with Crippen molar-refractivity contribution in [3.05, 3.63) is 53.3 Å². The highest BCUT2D eigenvalue weighted by atomic mass is 19.4. The Bertz CT molecular complexity index is 1130. The lowest BCUT2D eigenvalue weighted by atomic mass is 10.1. The first-order valence-corrected chi connectivity index (χ1v) is 10.8. The highest BCUT2D eigenvalue weighted by Gasteiger charge is 2.31. The van der Waals surface area contributed by atoms with Crippen molar-refractivity contribution in [1.82, 2.24) is 24.6 Å². The van der Waals surface area contributed by atoms with Gasteiger partial charge in [0, 0.05) is 44.5 Å². The Morgan fingerprint density at radius 1 is 1.12 bits per heavy atom. The van der Waals surface area contributed by atoms with Crippen LogP contribution in [0.25, 0.3) is 11.0 Å². The molecule has 0 radical (unpaired) electrons. The monoisotopic (exact) mass is 461 g/mol. The lowest BCUT2D eigenvalue weighted by Gasteiger charge is -2.35. The molecule has 4 rings (SSSR count). The average molecular weight is 461 g/mol. The van der Waals surface area contributed by atoms with E-state index in [4.69, 9.17) is 0 Å². The second kappa shape index (κ2) is 9.01. The van der Waals surface area contributed by atoms with Crippen molar-refractivity contribution in [2.75, 3.05) is 26.2 Å². The van der Waals surface area contributed by atoms with E-state index in [9.17, 15) is 18.0 Å². The minimum Gasteiger partial charge on any atom is -0.406 e. The minimum absolute atomic E-state index is 0.0397. The maximum Gasteiger partial charge on any atom is 0.573 e. The molecule has 1 fully saturated rings. The van der Waals surface area contributed by atoms with Crippen LogP contribution in [0.4, 0.5) is 13.2 Å². The van der Waals surface area contributed by atoms with E-state index in [2.05, 4.69) is 19.7 Å². The number of piperazine rings is 1. The number of aryl methyl sites for hydroxylation is 1. The fraction of sp³-hybridized carbons (Fsp3) is 0.435. The molecule has 7 nitrogen and oxygen atoms in total. The quantitative estimate of drug-likeness (QED) is 0.571. The number of pyridine rings is 1. The van der Waals surface area contributed by atoms with Crippen LogP contribution in [0.2, 0.25) is 0 Å². The number of alkyl halides is 3. The predicted octanol–water partition coefficient (Wildman–Crippen LogP) is 4.18. The molecule has 1 saturated heterocycles. The fourth-order valence-corrected chi connectivity index (χ4v) is 4.03. The zero-order valence-corrected chi connectivity index (χ0v) is 18.8. The summed E-state index contributed by atoms with van der Waals surface area (Å²) in [5.41, 5.74) is 2.98. The second-order valence-corrected chi connectivity index (χ2v) is 8.49. The van der Waals surface area contributed by atoms with Crippen LogP contribution in [0.1, 0.15) is 41.5 Å². The van der Waals surface area contributed by atoms with Crippen LogP contribution in [-0.2, 0) is 6.54 Å². The van der Waals surface area contributed by atoms with Crippen molar-refractivity contribution in [3.8, 4) is 5.75 Å². The van der Waals surface area contributed by atoms with Crippen molar-refractivity contribution < 1.29 is 22.7 Å². The third-order valence-corrected chi connectivity index (χ3v) is 5.64. The third-order valence-electron chi connectivity index (χ3n) is 5.64. The molecular formula is C23H26F3N5O2. The van der Waals surface area contributed by atoms with Gasteiger partial charge in [-0.2, -0.15) is 5.10 Å². The van der Waals surface area contributed by atoms with Crippen LogP contribution in [0.15, 0.2) is 36.5 Å². The Kier molecular flexibility index (Phi) is 6.29. The third kappa shape index (κ3) is 5.27. The smallest absolute Gasteiger partial charge is 0.406 e. The van der Waals surface area contributed by atoms with Gasteiger partial charge in [0.2, 0.25) is 0 Å². The van der Waals surface area contributed by atoms with Gasteiger partial charge in [0.05, 0.1) is 17.1 Å². The number of carbonyl (C=O) groups excluding carboxylic acids is 1. The summed E-state index contributed by atoms with van der Waals surface area (Å²) in [5.74, 6) is -0.275. The summed E-state index contributed by atoms with van der Waals surface area (Å²) in [7, 11) is 0. The van der Waals surface area contributed by atoms with Gasteiger partial charge in [-0.15, -0.1) is 13.2 Å². The molecule has 0 atom stereocenters. The molecule has 2 aromatic heterocycles. The molecule has 0 bridgehead atoms. The first-order chi connectivity index (χ1) is 15.6. The number of benzene rings is 1. The van der Waals surface area contributed by atoms with Crippen LogP contribution >= 0.6 is 0 Å². The average Bonchev–Trinajstić information content (AvgIpc) is 3.17. The number of ether oxygens (including phenoxy) is 1. The minimum atomic E-state index is -4.70. The summed E-state index contributed by atoms with van der Waals surface area (Å²) in [5, 5.41) is 5.17. The summed E-state index contributed by atoms with van der Waals surface area (Å²) >= 11 is 0. The van der Waals surface area contributed by atoms with E-state index in [0.717, 1.165) is 16.6 Å². The molecule has 1 aliphatic heterocycles. The van der Waals surface area contributed by atoms with Gasteiger partial charge in [-0.25, -0.2) is 9.67 Å². The molecule has 0 aliphatic carbocycles. The maximum atomic E-state index is 13.3. The second-order valence-electron chi connectivity index (χ2n) is 8.49. The van der Waals surface area contributed by atoms with E-state index >= 15 is 0 Å². The van der Waals surface area contributed by atoms with Crippen molar-refractivity contribution in [2.45, 2.75) is 39.7 Å². The molecule has 1 aliphatic rings. The number of carbonyl (C=O) groups is 1. The van der Waals surface area contributed by atoms with Gasteiger partial charge in [0.25, 0.3) is 5.91 Å². The molecular weight excluding hydrogens is 435 g/mol. The maximum absolute atomic E-state index is 13.3. The lowest BCUT2D eigenvalue weighted by Crippen LogP contribution is -2.48. The summed E-state index contributed by atoms with van der Waals surface area (Å²) in [6.07, 6.45) is -2.99. The van der Waals surface area contributed by atoms with Crippen molar-refractivity contribution >= 4 is 16.9 Å². The van der Waals surface area contributed by atoms with Crippen LogP contribution in [0, 0.1) is 6.92 Å². The topological polar surface area (TPSA) is 63.5 Å². The first kappa shape index (κ1) is 23.0. The largest absolute Gasteiger partial charge is 0.573 e. The van der Waals surface area contributed by atoms with Gasteiger partial charge in [-0.1, -0.05) is 12.1 Å². The summed E-state index contributed by atoms with van der Waals surface area (Å²) in [6, 6.07) is 7.84. The summed E-state index contributed by atoms with van der Waals surface area (Å²) in [4.78, 5) is 21.9. The van der Waals surface area contributed by atoms with E-state index in [1.807, 2.05) is 36.4 Å². The van der Waals surface area contributed by atoms with Crippen LogP contribution < -0.4 is 4.74 Å². The number of aromatic nitrogens is 3. The first-order valence-electron chi connectivity index (χ1n) is 10.8. The molecule has 176 valence electrons. The van der Waals surface area contributed by atoms with Crippen LogP contribution in [0.5, 0.6) is 5.75 Å². The van der Waals surface area contributed by atoms with E-state index < -0.39 is 6.36 Å². The Morgan fingerprint density at radius 3 is 2.39 bits per heavy atom. The highest BCUT2D eigenvalue weighted by molar-refractivity contribution is 6.05. The number of hydrogen-bond acceptors (Lipinski definition) is 5. The molecule has 33 heavy (non-hydrogen) atoms. The number of nitrogens with zero attached hydrogens (tertiary/aromatic N) is 5. The van der Waals surface area contributed by atoms with Gasteiger partial charge in [-0.05, 0) is 44.5 Å². The zero-order chi connectivity index (χ0) is 23.8. The van der Waals surface area contributed by atoms with Gasteiger partial charge < -0.3 is 9.64 Å². The fourth-order valence-electron chi connectivity index (χ4n) is 4.03. The van der Waals surface area contributed by atoms with Gasteiger partial charge in [0.1, 0.15) is 5.75 Å². The van der Waals surface area contributed by atoms with E-state index in [-0.39, 0.29) is 17.7 Å². The number of hydrogen-bond donors (Lipinski definition) is 0. The van der Waals surface area contributed by atoms with E-state index in [1.165, 1.54) is 12.1 Å². The Hall–Kier alpha value is -3.14. The lowest BCUT2D eigenvalue weighted by molar-refractivity contribution is -0.274. The van der Waals surface area contributed by atoms with Crippen molar-refractivity contribution in [1.29, 1.82) is 0 Å². The Morgan fingerprint density at radius 2 is 1.79 bits per heavy atom. The number of halogens is 3. The Labute approximate surface area is 189 Å². The predicted molar refractivity (Wildman–Crippen MR) is 117 cm³/mol. The molecule has 3 aromatic rings. The number of amides is 1. The highest BCUT2D eigenvalue weighted by Crippen LogP contribution is 2.25. The SMILES string of the molecule is Cc1cc(C(=O)N2CCN(Cc3ccc(OC(F)(F)F)cc3)CC2)c2cnn(C(C)C)c2n1. The van der Waals surface area contributed by atoms with Crippen LogP contribution in [0.3, 0.4) is 0 Å². The number of rotatable bonds is 5. The van der Waals surface area contributed by atoms with Gasteiger partial charge in [0.15, 0.2) is 5.65 Å². The van der Waals surface area contributed by atoms with Crippen LogP contribution in [-0.4, -0.2) is 63.0 Å². The molecule has 0 saturated carbocycles. The zero-order valence-electron chi connectivity index (χ0n) is 18.8. The molecule has 1 aromatic carbocycles. The molecule has 10 heteroatoms. The van der Waals surface area contributed by atoms with E-state index in [0.29, 0.717) is 43.9 Å². The summed E-state index contributed by atoms with van der Waals surface area (Å²) < 4.78 is 42.7. The van der Waals surface area contributed by atoms with E-state index in [1.54, 1.807) is 18.3 Å².